The summed E-state index contributed by atoms with van der Waals surface area (Å²) < 4.78 is 39.2. The van der Waals surface area contributed by atoms with Gasteiger partial charge in [0.1, 0.15) is 0 Å². The molecule has 9 heteroatoms. The van der Waals surface area contributed by atoms with Gasteiger partial charge in [0.25, 0.3) is 0 Å². The lowest BCUT2D eigenvalue weighted by Gasteiger charge is -2.09. The number of hydrogen-bond acceptors (Lipinski definition) is 4. The number of hydrogen-bond donors (Lipinski definition) is 1. The average Bonchev–Trinajstić information content (AvgIpc) is 2.90. The number of aromatic nitrogens is 4. The SMILES string of the molecule is OCc1nccc2c1cnn2-c1ncc(C(F)(F)F)cc1Cl. The Morgan fingerprint density at radius 3 is 2.64 bits per heavy atom. The number of pyridine rings is 2. The molecule has 22 heavy (non-hydrogen) atoms. The van der Waals surface area contributed by atoms with Crippen molar-refractivity contribution >= 4 is 22.5 Å². The molecule has 0 bridgehead atoms. The number of nitrogens with zero attached hydrogens (tertiary/aromatic N) is 4. The fourth-order valence-electron chi connectivity index (χ4n) is 2.04. The fourth-order valence-corrected chi connectivity index (χ4v) is 2.29. The summed E-state index contributed by atoms with van der Waals surface area (Å²) >= 11 is 5.91. The predicted octanol–water partition coefficient (Wildman–Crippen LogP) is 2.98. The van der Waals surface area contributed by atoms with E-state index in [-0.39, 0.29) is 17.4 Å². The molecule has 0 atom stereocenters. The highest BCUT2D eigenvalue weighted by Crippen LogP contribution is 2.32. The van der Waals surface area contributed by atoms with Crippen molar-refractivity contribution in [3.63, 3.8) is 0 Å². The first-order chi connectivity index (χ1) is 10.4. The van der Waals surface area contributed by atoms with Gasteiger partial charge >= 0.3 is 6.18 Å². The van der Waals surface area contributed by atoms with E-state index in [0.717, 1.165) is 6.07 Å². The van der Waals surface area contributed by atoms with Gasteiger partial charge < -0.3 is 5.11 Å². The van der Waals surface area contributed by atoms with Gasteiger partial charge in [0.05, 0.1) is 34.6 Å². The van der Waals surface area contributed by atoms with E-state index in [9.17, 15) is 18.3 Å². The van der Waals surface area contributed by atoms with Gasteiger partial charge in [0.2, 0.25) is 0 Å². The molecule has 0 aliphatic carbocycles. The van der Waals surface area contributed by atoms with Crippen LogP contribution in [0.25, 0.3) is 16.7 Å². The first-order valence-electron chi connectivity index (χ1n) is 6.07. The summed E-state index contributed by atoms with van der Waals surface area (Å²) in [6, 6.07) is 2.41. The Hall–Kier alpha value is -2.19. The van der Waals surface area contributed by atoms with Crippen LogP contribution in [0.1, 0.15) is 11.3 Å². The molecule has 3 aromatic rings. The standard InChI is InChI=1S/C13H8ClF3N4O/c14-9-3-7(13(15,16)17)4-19-12(9)21-11-1-2-18-10(6-22)8(11)5-20-21/h1-5,22H,6H2. The summed E-state index contributed by atoms with van der Waals surface area (Å²) in [5.74, 6) is 0.0692. The zero-order valence-corrected chi connectivity index (χ0v) is 11.6. The van der Waals surface area contributed by atoms with E-state index < -0.39 is 11.7 Å². The van der Waals surface area contributed by atoms with Crippen molar-refractivity contribution in [2.24, 2.45) is 0 Å². The molecule has 1 N–H and O–H groups in total. The van der Waals surface area contributed by atoms with Gasteiger partial charge in [-0.2, -0.15) is 18.3 Å². The lowest BCUT2D eigenvalue weighted by atomic mass is 10.2. The molecule has 5 nitrogen and oxygen atoms in total. The molecule has 0 aliphatic rings. The Kier molecular flexibility index (Phi) is 3.50. The van der Waals surface area contributed by atoms with Crippen molar-refractivity contribution in [2.45, 2.75) is 12.8 Å². The smallest absolute Gasteiger partial charge is 0.390 e. The lowest BCUT2D eigenvalue weighted by molar-refractivity contribution is -0.137. The Morgan fingerprint density at radius 1 is 1.23 bits per heavy atom. The van der Waals surface area contributed by atoms with Crippen LogP contribution in [0.15, 0.2) is 30.7 Å². The van der Waals surface area contributed by atoms with E-state index in [1.807, 2.05) is 0 Å². The van der Waals surface area contributed by atoms with E-state index >= 15 is 0 Å². The molecular weight excluding hydrogens is 321 g/mol. The van der Waals surface area contributed by atoms with Crippen LogP contribution in [-0.2, 0) is 12.8 Å². The first kappa shape index (κ1) is 14.7. The average molecular weight is 329 g/mol. The van der Waals surface area contributed by atoms with Gasteiger partial charge in [-0.1, -0.05) is 11.6 Å². The highest BCUT2D eigenvalue weighted by Gasteiger charge is 2.31. The maximum Gasteiger partial charge on any atom is 0.417 e. The second kappa shape index (κ2) is 5.22. The number of aliphatic hydroxyl groups is 1. The van der Waals surface area contributed by atoms with Crippen LogP contribution >= 0.6 is 11.6 Å². The van der Waals surface area contributed by atoms with Crippen molar-refractivity contribution < 1.29 is 18.3 Å². The van der Waals surface area contributed by atoms with Crippen LogP contribution < -0.4 is 0 Å². The summed E-state index contributed by atoms with van der Waals surface area (Å²) in [6.45, 7) is -0.281. The summed E-state index contributed by atoms with van der Waals surface area (Å²) in [4.78, 5) is 7.75. The second-order valence-corrected chi connectivity index (χ2v) is 4.84. The topological polar surface area (TPSA) is 63.8 Å². The minimum Gasteiger partial charge on any atom is -0.390 e. The Morgan fingerprint density at radius 2 is 2.00 bits per heavy atom. The summed E-state index contributed by atoms with van der Waals surface area (Å²) in [5, 5.41) is 13.7. The van der Waals surface area contributed by atoms with Gasteiger partial charge in [-0.15, -0.1) is 0 Å². The van der Waals surface area contributed by atoms with E-state index in [1.165, 1.54) is 17.1 Å². The van der Waals surface area contributed by atoms with E-state index in [1.54, 1.807) is 6.07 Å². The van der Waals surface area contributed by atoms with Crippen molar-refractivity contribution in [3.05, 3.63) is 47.0 Å². The van der Waals surface area contributed by atoms with Gasteiger partial charge in [0.15, 0.2) is 5.82 Å². The highest BCUT2D eigenvalue weighted by molar-refractivity contribution is 6.32. The predicted molar refractivity (Wildman–Crippen MR) is 72.6 cm³/mol. The summed E-state index contributed by atoms with van der Waals surface area (Å²) in [5.41, 5.74) is 0.00965. The molecular formula is C13H8ClF3N4O. The number of halogens is 4. The van der Waals surface area contributed by atoms with Crippen molar-refractivity contribution in [2.75, 3.05) is 0 Å². The zero-order chi connectivity index (χ0) is 15.9. The molecule has 114 valence electrons. The molecule has 0 spiro atoms. The number of fused-ring (bicyclic) bond motifs is 1. The quantitative estimate of drug-likeness (QED) is 0.785. The third kappa shape index (κ3) is 2.40. The largest absolute Gasteiger partial charge is 0.417 e. The molecule has 0 amide bonds. The van der Waals surface area contributed by atoms with Crippen LogP contribution in [0.4, 0.5) is 13.2 Å². The van der Waals surface area contributed by atoms with Gasteiger partial charge in [-0.3, -0.25) is 4.98 Å². The summed E-state index contributed by atoms with van der Waals surface area (Å²) in [6.07, 6.45) is -0.911. The third-order valence-corrected chi connectivity index (χ3v) is 3.36. The lowest BCUT2D eigenvalue weighted by Crippen LogP contribution is -2.08. The molecule has 3 aromatic heterocycles. The molecule has 3 heterocycles. The Balaban J connectivity index is 2.16. The Labute approximate surface area is 127 Å². The number of aliphatic hydroxyl groups excluding tert-OH is 1. The zero-order valence-electron chi connectivity index (χ0n) is 10.8. The van der Waals surface area contributed by atoms with E-state index in [0.29, 0.717) is 22.8 Å². The Bertz CT molecular complexity index is 847. The molecule has 0 saturated carbocycles. The van der Waals surface area contributed by atoms with E-state index in [2.05, 4.69) is 15.1 Å². The fraction of sp³-hybridized carbons (Fsp3) is 0.154. The molecule has 0 radical (unpaired) electrons. The van der Waals surface area contributed by atoms with Crippen LogP contribution in [0.2, 0.25) is 5.02 Å². The minimum atomic E-state index is -4.52. The van der Waals surface area contributed by atoms with Crippen LogP contribution in [0.5, 0.6) is 0 Å². The van der Waals surface area contributed by atoms with Gasteiger partial charge in [-0.05, 0) is 12.1 Å². The van der Waals surface area contributed by atoms with Gasteiger partial charge in [0, 0.05) is 17.8 Å². The maximum absolute atomic E-state index is 12.6. The first-order valence-corrected chi connectivity index (χ1v) is 6.45. The molecule has 0 aliphatic heterocycles. The third-order valence-electron chi connectivity index (χ3n) is 3.08. The molecule has 0 saturated heterocycles. The summed E-state index contributed by atoms with van der Waals surface area (Å²) in [7, 11) is 0. The molecule has 0 unspecified atom stereocenters. The van der Waals surface area contributed by atoms with E-state index in [4.69, 9.17) is 11.6 Å². The minimum absolute atomic E-state index is 0.0692. The highest BCUT2D eigenvalue weighted by atomic mass is 35.5. The second-order valence-electron chi connectivity index (χ2n) is 4.43. The normalized spacial score (nSPS) is 12.0. The maximum atomic E-state index is 12.6. The molecule has 0 fully saturated rings. The molecule has 3 rings (SSSR count). The van der Waals surface area contributed by atoms with Gasteiger partial charge in [-0.25, -0.2) is 9.67 Å². The number of alkyl halides is 3. The van der Waals surface area contributed by atoms with Crippen LogP contribution in [0.3, 0.4) is 0 Å². The number of rotatable bonds is 2. The van der Waals surface area contributed by atoms with Crippen molar-refractivity contribution in [3.8, 4) is 5.82 Å². The van der Waals surface area contributed by atoms with Crippen LogP contribution in [0, 0.1) is 0 Å². The molecule has 0 aromatic carbocycles. The van der Waals surface area contributed by atoms with Crippen molar-refractivity contribution in [1.82, 2.24) is 19.7 Å². The van der Waals surface area contributed by atoms with Crippen molar-refractivity contribution in [1.29, 1.82) is 0 Å². The van der Waals surface area contributed by atoms with Crippen LogP contribution in [-0.4, -0.2) is 24.9 Å². The monoisotopic (exact) mass is 328 g/mol.